The zero-order chi connectivity index (χ0) is 15.3. The van der Waals surface area contributed by atoms with Crippen LogP contribution in [0, 0.1) is 10.7 Å². The third-order valence-electron chi connectivity index (χ3n) is 2.44. The maximum Gasteiger partial charge on any atom is 0.317 e. The third kappa shape index (κ3) is 5.97. The molecule has 110 valence electrons. The second-order valence-electron chi connectivity index (χ2n) is 3.99. The van der Waals surface area contributed by atoms with E-state index in [9.17, 15) is 9.59 Å². The van der Waals surface area contributed by atoms with Crippen LogP contribution in [0.2, 0.25) is 0 Å². The van der Waals surface area contributed by atoms with Gasteiger partial charge in [-0.3, -0.25) is 14.5 Å². The fraction of sp³-hybridized carbons (Fsp3) is 0.333. The number of rotatable bonds is 6. The summed E-state index contributed by atoms with van der Waals surface area (Å²) in [5.41, 5.74) is 0.781. The first-order valence-electron chi connectivity index (χ1n) is 5.72. The molecule has 0 aromatic heterocycles. The van der Waals surface area contributed by atoms with Gasteiger partial charge in [-0.05, 0) is 86.5 Å². The number of carboxylic acids is 1. The lowest BCUT2D eigenvalue weighted by atomic mass is 10.3. The summed E-state index contributed by atoms with van der Waals surface area (Å²) in [5, 5.41) is 11.6. The topological polar surface area (TPSA) is 69.6 Å². The number of benzene rings is 1. The van der Waals surface area contributed by atoms with Crippen LogP contribution in [-0.4, -0.2) is 41.5 Å². The van der Waals surface area contributed by atoms with Crippen molar-refractivity contribution in [1.29, 1.82) is 0 Å². The van der Waals surface area contributed by atoms with E-state index in [1.54, 1.807) is 4.90 Å². The van der Waals surface area contributed by atoms with Crippen LogP contribution in [0.15, 0.2) is 12.1 Å². The maximum absolute atomic E-state index is 12.0. The van der Waals surface area contributed by atoms with Crippen molar-refractivity contribution in [1.82, 2.24) is 4.90 Å². The van der Waals surface area contributed by atoms with E-state index >= 15 is 0 Å². The number of nitrogens with zero attached hydrogens (tertiary/aromatic N) is 1. The van der Waals surface area contributed by atoms with E-state index in [0.717, 1.165) is 16.4 Å². The van der Waals surface area contributed by atoms with Crippen LogP contribution in [0.4, 0.5) is 5.69 Å². The summed E-state index contributed by atoms with van der Waals surface area (Å²) in [6.45, 7) is 2.28. The number of carbonyl (C=O) groups excluding carboxylic acids is 1. The molecule has 0 atom stereocenters. The van der Waals surface area contributed by atoms with E-state index in [4.69, 9.17) is 5.11 Å². The average Bonchev–Trinajstić information content (AvgIpc) is 2.32. The fourth-order valence-corrected chi connectivity index (χ4v) is 5.37. The van der Waals surface area contributed by atoms with Gasteiger partial charge in [-0.15, -0.1) is 0 Å². The number of aliphatic carboxylic acids is 1. The van der Waals surface area contributed by atoms with Gasteiger partial charge in [0.2, 0.25) is 5.91 Å². The van der Waals surface area contributed by atoms with Gasteiger partial charge in [0.15, 0.2) is 0 Å². The monoisotopic (exact) mass is 614 g/mol. The summed E-state index contributed by atoms with van der Waals surface area (Å²) in [4.78, 5) is 24.2. The van der Waals surface area contributed by atoms with Crippen LogP contribution in [0.3, 0.4) is 0 Å². The van der Waals surface area contributed by atoms with Crippen LogP contribution in [-0.2, 0) is 9.59 Å². The zero-order valence-electron chi connectivity index (χ0n) is 10.6. The van der Waals surface area contributed by atoms with Crippen molar-refractivity contribution in [2.24, 2.45) is 0 Å². The number of halogens is 3. The van der Waals surface area contributed by atoms with E-state index in [1.165, 1.54) is 0 Å². The molecule has 1 aromatic rings. The average molecular weight is 614 g/mol. The second kappa shape index (κ2) is 8.68. The van der Waals surface area contributed by atoms with E-state index < -0.39 is 5.97 Å². The Hall–Kier alpha value is 0.310. The van der Waals surface area contributed by atoms with Crippen molar-refractivity contribution in [3.8, 4) is 0 Å². The first kappa shape index (κ1) is 18.4. The molecule has 0 unspecified atom stereocenters. The molecule has 0 heterocycles. The Morgan fingerprint density at radius 3 is 2.20 bits per heavy atom. The van der Waals surface area contributed by atoms with Gasteiger partial charge in [0.05, 0.1) is 18.8 Å². The molecular weight excluding hydrogens is 601 g/mol. The Kier molecular flexibility index (Phi) is 7.97. The largest absolute Gasteiger partial charge is 0.480 e. The third-order valence-corrected chi connectivity index (χ3v) is 4.77. The van der Waals surface area contributed by atoms with Gasteiger partial charge < -0.3 is 10.4 Å². The Labute approximate surface area is 158 Å². The summed E-state index contributed by atoms with van der Waals surface area (Å²) >= 11 is 6.58. The van der Waals surface area contributed by atoms with Crippen molar-refractivity contribution in [2.45, 2.75) is 6.92 Å². The number of amides is 1. The second-order valence-corrected chi connectivity index (χ2v) is 7.56. The molecule has 2 N–H and O–H groups in total. The first-order chi connectivity index (χ1) is 9.33. The molecule has 5 nitrogen and oxygen atoms in total. The fourth-order valence-electron chi connectivity index (χ4n) is 1.51. The molecule has 0 saturated heterocycles. The summed E-state index contributed by atoms with van der Waals surface area (Å²) in [5.74, 6) is -1.14. The lowest BCUT2D eigenvalue weighted by Crippen LogP contribution is -2.36. The van der Waals surface area contributed by atoms with Crippen LogP contribution in [0.25, 0.3) is 0 Å². The van der Waals surface area contributed by atoms with Gasteiger partial charge in [0.25, 0.3) is 0 Å². The Bertz CT molecular complexity index is 500. The minimum atomic E-state index is -0.932. The molecule has 1 aromatic carbocycles. The minimum absolute atomic E-state index is 0.0704. The summed E-state index contributed by atoms with van der Waals surface area (Å²) in [6, 6.07) is 3.96. The number of hydrogen-bond acceptors (Lipinski definition) is 3. The molecular formula is C12H13I3N2O3. The molecule has 0 fully saturated rings. The van der Waals surface area contributed by atoms with Crippen molar-refractivity contribution in [3.05, 3.63) is 22.8 Å². The standard InChI is InChI=1S/C12H13I3N2O3/c1-2-17(6-11(19)20)5-10(18)16-12-8(14)3-7(13)4-9(12)15/h3-4H,2,5-6H2,1H3,(H,16,18)(H,19,20). The predicted octanol–water partition coefficient (Wildman–Crippen LogP) is 2.85. The number of hydrogen-bond donors (Lipinski definition) is 2. The molecule has 0 bridgehead atoms. The van der Waals surface area contributed by atoms with E-state index in [0.29, 0.717) is 6.54 Å². The van der Waals surface area contributed by atoms with Crippen molar-refractivity contribution in [3.63, 3.8) is 0 Å². The molecule has 0 spiro atoms. The van der Waals surface area contributed by atoms with Crippen LogP contribution >= 0.6 is 67.8 Å². The molecule has 0 aliphatic heterocycles. The molecule has 1 amide bonds. The van der Waals surface area contributed by atoms with Crippen LogP contribution in [0.1, 0.15) is 6.92 Å². The summed E-state index contributed by atoms with van der Waals surface area (Å²) < 4.78 is 3.04. The van der Waals surface area contributed by atoms with Crippen molar-refractivity contribution < 1.29 is 14.7 Å². The highest BCUT2D eigenvalue weighted by atomic mass is 127. The number of nitrogens with one attached hydrogen (secondary N) is 1. The summed E-state index contributed by atoms with van der Waals surface area (Å²) in [6.07, 6.45) is 0. The lowest BCUT2D eigenvalue weighted by molar-refractivity contribution is -0.138. The van der Waals surface area contributed by atoms with Gasteiger partial charge in [-0.2, -0.15) is 0 Å². The quantitative estimate of drug-likeness (QED) is 0.485. The Balaban J connectivity index is 2.73. The molecule has 0 aliphatic rings. The highest BCUT2D eigenvalue weighted by molar-refractivity contribution is 14.1. The highest BCUT2D eigenvalue weighted by Crippen LogP contribution is 2.27. The first-order valence-corrected chi connectivity index (χ1v) is 8.95. The van der Waals surface area contributed by atoms with Crippen LogP contribution in [0.5, 0.6) is 0 Å². The van der Waals surface area contributed by atoms with E-state index in [2.05, 4.69) is 73.1 Å². The maximum atomic E-state index is 12.0. The molecule has 8 heteroatoms. The number of likely N-dealkylation sites (N-methyl/N-ethyl adjacent to an activating group) is 1. The minimum Gasteiger partial charge on any atom is -0.480 e. The predicted molar refractivity (Wildman–Crippen MR) is 103 cm³/mol. The number of carboxylic acid groups (broad SMARTS) is 1. The molecule has 0 aliphatic carbocycles. The van der Waals surface area contributed by atoms with Gasteiger partial charge in [0, 0.05) is 10.7 Å². The Morgan fingerprint density at radius 1 is 1.20 bits per heavy atom. The summed E-state index contributed by atoms with van der Waals surface area (Å²) in [7, 11) is 0. The zero-order valence-corrected chi connectivity index (χ0v) is 17.1. The van der Waals surface area contributed by atoms with Crippen molar-refractivity contribution >= 4 is 85.3 Å². The van der Waals surface area contributed by atoms with Crippen molar-refractivity contribution in [2.75, 3.05) is 25.0 Å². The van der Waals surface area contributed by atoms with Gasteiger partial charge in [0.1, 0.15) is 0 Å². The van der Waals surface area contributed by atoms with Gasteiger partial charge in [-0.25, -0.2) is 0 Å². The molecule has 0 radical (unpaired) electrons. The van der Waals surface area contributed by atoms with Gasteiger partial charge in [-0.1, -0.05) is 6.92 Å². The normalized spacial score (nSPS) is 10.7. The lowest BCUT2D eigenvalue weighted by Gasteiger charge is -2.18. The van der Waals surface area contributed by atoms with Crippen LogP contribution < -0.4 is 5.32 Å². The van der Waals surface area contributed by atoms with E-state index in [1.807, 2.05) is 19.1 Å². The molecule has 0 saturated carbocycles. The Morgan fingerprint density at radius 2 is 1.75 bits per heavy atom. The highest BCUT2D eigenvalue weighted by Gasteiger charge is 2.15. The molecule has 1 rings (SSSR count). The number of carbonyl (C=O) groups is 2. The van der Waals surface area contributed by atoms with Gasteiger partial charge >= 0.3 is 5.97 Å². The number of anilines is 1. The smallest absolute Gasteiger partial charge is 0.317 e. The molecule has 20 heavy (non-hydrogen) atoms. The SMILES string of the molecule is CCN(CC(=O)O)CC(=O)Nc1c(I)cc(I)cc1I. The van der Waals surface area contributed by atoms with E-state index in [-0.39, 0.29) is 19.0 Å².